The van der Waals surface area contributed by atoms with E-state index >= 15 is 0 Å². The molecule has 0 aromatic carbocycles. The summed E-state index contributed by atoms with van der Waals surface area (Å²) in [4.78, 5) is 0. The molecule has 0 radical (unpaired) electrons. The summed E-state index contributed by atoms with van der Waals surface area (Å²) in [5.74, 6) is 1.25. The zero-order valence-corrected chi connectivity index (χ0v) is 4.20. The molecule has 0 aromatic heterocycles. The normalized spacial score (nSPS) is 52.0. The fourth-order valence-electron chi connectivity index (χ4n) is 0.718. The fraction of sp³-hybridized carbons (Fsp3) is 1.00. The monoisotopic (exact) mass is 102 g/mol. The first-order chi connectivity index (χ1) is 2.97. The summed E-state index contributed by atoms with van der Waals surface area (Å²) in [6, 6.07) is 0. The van der Waals surface area contributed by atoms with Crippen LogP contribution in [0.2, 0.25) is 0 Å². The van der Waals surface area contributed by atoms with Gasteiger partial charge in [0.25, 0.3) is 0 Å². The van der Waals surface area contributed by atoms with Crippen molar-refractivity contribution in [2.45, 2.75) is 11.4 Å². The molecule has 1 nitrogen and oxygen atoms in total. The van der Waals surface area contributed by atoms with Crippen LogP contribution in [0.15, 0.2) is 0 Å². The molecule has 2 aliphatic heterocycles. The molecule has 0 amide bonds. The van der Waals surface area contributed by atoms with Gasteiger partial charge in [-0.05, 0) is 0 Å². The maximum atomic E-state index is 5.11. The highest BCUT2D eigenvalue weighted by Crippen LogP contribution is 2.38. The zero-order chi connectivity index (χ0) is 3.98. The highest BCUT2D eigenvalue weighted by molar-refractivity contribution is 8.01. The number of hydrogen-bond acceptors (Lipinski definition) is 2. The van der Waals surface area contributed by atoms with Gasteiger partial charge in [-0.1, -0.05) is 0 Å². The maximum absolute atomic E-state index is 5.11. The van der Waals surface area contributed by atoms with Crippen molar-refractivity contribution in [2.75, 3.05) is 12.4 Å². The van der Waals surface area contributed by atoms with Gasteiger partial charge in [0.05, 0.1) is 18.0 Å². The largest absolute Gasteiger partial charge is 0.375 e. The molecule has 2 heterocycles. The molecular weight excluding hydrogens is 96.1 g/mol. The van der Waals surface area contributed by atoms with Gasteiger partial charge in [0.15, 0.2) is 0 Å². The van der Waals surface area contributed by atoms with Crippen molar-refractivity contribution < 1.29 is 4.74 Å². The standard InChI is InChI=1S/C4H6OS/c1-4-3(5-1)2-6-4/h3-4H,1-2H2. The van der Waals surface area contributed by atoms with E-state index in [9.17, 15) is 0 Å². The molecule has 0 aliphatic carbocycles. The van der Waals surface area contributed by atoms with Gasteiger partial charge < -0.3 is 4.74 Å². The molecule has 34 valence electrons. The lowest BCUT2D eigenvalue weighted by Gasteiger charge is -2.44. The van der Waals surface area contributed by atoms with E-state index < -0.39 is 0 Å². The van der Waals surface area contributed by atoms with Crippen LogP contribution in [0.3, 0.4) is 0 Å². The minimum atomic E-state index is 0.676. The lowest BCUT2D eigenvalue weighted by atomic mass is 10.2. The quantitative estimate of drug-likeness (QED) is 0.440. The van der Waals surface area contributed by atoms with Crippen LogP contribution in [0.1, 0.15) is 0 Å². The highest BCUT2D eigenvalue weighted by atomic mass is 32.2. The second-order valence-corrected chi connectivity index (χ2v) is 3.02. The van der Waals surface area contributed by atoms with E-state index in [0.29, 0.717) is 6.10 Å². The molecule has 6 heavy (non-hydrogen) atoms. The van der Waals surface area contributed by atoms with Crippen LogP contribution in [-0.2, 0) is 4.74 Å². The predicted molar refractivity (Wildman–Crippen MR) is 26.0 cm³/mol. The molecule has 0 saturated carbocycles. The molecule has 2 aliphatic rings. The summed E-state index contributed by atoms with van der Waals surface area (Å²) < 4.78 is 5.11. The third kappa shape index (κ3) is 0.231. The average molecular weight is 102 g/mol. The van der Waals surface area contributed by atoms with Crippen molar-refractivity contribution in [3.05, 3.63) is 0 Å². The Bertz CT molecular complexity index is 55.9. The number of hydrogen-bond donors (Lipinski definition) is 0. The second kappa shape index (κ2) is 0.928. The van der Waals surface area contributed by atoms with Gasteiger partial charge in [0, 0.05) is 5.75 Å². The Morgan fingerprint density at radius 2 is 2.50 bits per heavy atom. The summed E-state index contributed by atoms with van der Waals surface area (Å²) in [7, 11) is 0. The summed E-state index contributed by atoms with van der Waals surface area (Å²) >= 11 is 2.03. The van der Waals surface area contributed by atoms with Crippen molar-refractivity contribution in [3.8, 4) is 0 Å². The number of rotatable bonds is 0. The maximum Gasteiger partial charge on any atom is 0.0806 e. The number of ether oxygens (including phenoxy) is 1. The molecule has 2 atom stereocenters. The first-order valence-electron chi connectivity index (χ1n) is 2.20. The van der Waals surface area contributed by atoms with Crippen molar-refractivity contribution in [2.24, 2.45) is 0 Å². The summed E-state index contributed by atoms with van der Waals surface area (Å²) in [6.07, 6.45) is 0.676. The van der Waals surface area contributed by atoms with Crippen molar-refractivity contribution in [3.63, 3.8) is 0 Å². The van der Waals surface area contributed by atoms with Crippen LogP contribution < -0.4 is 0 Å². The molecule has 2 saturated heterocycles. The Labute approximate surface area is 41.1 Å². The van der Waals surface area contributed by atoms with E-state index in [1.807, 2.05) is 11.8 Å². The van der Waals surface area contributed by atoms with Crippen molar-refractivity contribution >= 4 is 11.8 Å². The van der Waals surface area contributed by atoms with Crippen LogP contribution >= 0.6 is 11.8 Å². The Kier molecular flexibility index (Phi) is 0.515. The van der Waals surface area contributed by atoms with Crippen molar-refractivity contribution in [1.29, 1.82) is 0 Å². The van der Waals surface area contributed by atoms with Gasteiger partial charge in [-0.25, -0.2) is 0 Å². The smallest absolute Gasteiger partial charge is 0.0806 e. The van der Waals surface area contributed by atoms with Crippen LogP contribution in [0.4, 0.5) is 0 Å². The minimum absolute atomic E-state index is 0.676. The predicted octanol–water partition coefficient (Wildman–Crippen LogP) is 0.501. The Balaban J connectivity index is 2.03. The SMILES string of the molecule is C1SC2COC12. The van der Waals surface area contributed by atoms with E-state index in [4.69, 9.17) is 4.74 Å². The van der Waals surface area contributed by atoms with Gasteiger partial charge in [-0.15, -0.1) is 0 Å². The van der Waals surface area contributed by atoms with Crippen LogP contribution in [0.5, 0.6) is 0 Å². The van der Waals surface area contributed by atoms with E-state index in [-0.39, 0.29) is 0 Å². The summed E-state index contributed by atoms with van der Waals surface area (Å²) in [5, 5.41) is 0.907. The lowest BCUT2D eigenvalue weighted by Crippen LogP contribution is -2.52. The average Bonchev–Trinajstić information content (AvgIpc) is 1.54. The van der Waals surface area contributed by atoms with Crippen LogP contribution in [-0.4, -0.2) is 23.7 Å². The molecular formula is C4H6OS. The van der Waals surface area contributed by atoms with Crippen LogP contribution in [0.25, 0.3) is 0 Å². The van der Waals surface area contributed by atoms with Gasteiger partial charge in [-0.3, -0.25) is 0 Å². The lowest BCUT2D eigenvalue weighted by molar-refractivity contribution is -0.0387. The van der Waals surface area contributed by atoms with Crippen LogP contribution in [0, 0.1) is 0 Å². The molecule has 2 fully saturated rings. The molecule has 0 bridgehead atoms. The van der Waals surface area contributed by atoms with E-state index in [1.165, 1.54) is 5.75 Å². The van der Waals surface area contributed by atoms with Gasteiger partial charge in [0.2, 0.25) is 0 Å². The molecule has 2 rings (SSSR count). The van der Waals surface area contributed by atoms with Crippen molar-refractivity contribution in [1.82, 2.24) is 0 Å². The van der Waals surface area contributed by atoms with E-state index in [0.717, 1.165) is 11.9 Å². The Hall–Kier alpha value is 0.310. The molecule has 2 heteroatoms. The van der Waals surface area contributed by atoms with Gasteiger partial charge in [0.1, 0.15) is 0 Å². The number of fused-ring (bicyclic) bond motifs is 1. The molecule has 0 N–H and O–H groups in total. The van der Waals surface area contributed by atoms with Gasteiger partial charge >= 0.3 is 0 Å². The first-order valence-corrected chi connectivity index (χ1v) is 3.25. The topological polar surface area (TPSA) is 9.23 Å². The molecule has 0 spiro atoms. The van der Waals surface area contributed by atoms with Gasteiger partial charge in [-0.2, -0.15) is 11.8 Å². The third-order valence-corrected chi connectivity index (χ3v) is 2.75. The Morgan fingerprint density at radius 3 is 2.50 bits per heavy atom. The zero-order valence-electron chi connectivity index (χ0n) is 3.39. The summed E-state index contributed by atoms with van der Waals surface area (Å²) in [5.41, 5.74) is 0. The number of thioether (sulfide) groups is 1. The molecule has 0 aromatic rings. The fourth-order valence-corrected chi connectivity index (χ4v) is 1.69. The minimum Gasteiger partial charge on any atom is -0.375 e. The van der Waals surface area contributed by atoms with E-state index in [2.05, 4.69) is 0 Å². The highest BCUT2D eigenvalue weighted by Gasteiger charge is 2.40. The molecule has 2 unspecified atom stereocenters. The summed E-state index contributed by atoms with van der Waals surface area (Å²) in [6.45, 7) is 1.02. The van der Waals surface area contributed by atoms with E-state index in [1.54, 1.807) is 0 Å². The third-order valence-electron chi connectivity index (χ3n) is 1.36. The second-order valence-electron chi connectivity index (χ2n) is 1.74. The Morgan fingerprint density at radius 1 is 1.67 bits per heavy atom. The first kappa shape index (κ1) is 3.33.